The first-order valence-electron chi connectivity index (χ1n) is 11.6. The summed E-state index contributed by atoms with van der Waals surface area (Å²) in [7, 11) is 0. The van der Waals surface area contributed by atoms with Crippen molar-refractivity contribution in [1.82, 2.24) is 15.2 Å². The Labute approximate surface area is 186 Å². The van der Waals surface area contributed by atoms with Crippen molar-refractivity contribution in [2.45, 2.75) is 62.8 Å². The lowest BCUT2D eigenvalue weighted by Crippen LogP contribution is -2.68. The number of nitro groups is 1. The molecule has 8 nitrogen and oxygen atoms in total. The zero-order chi connectivity index (χ0) is 22.4. The number of aromatic nitrogens is 1. The van der Waals surface area contributed by atoms with Gasteiger partial charge in [0.1, 0.15) is 12.3 Å². The number of halogens is 2. The summed E-state index contributed by atoms with van der Waals surface area (Å²) in [6, 6.07) is 3.73. The summed E-state index contributed by atoms with van der Waals surface area (Å²) in [6.45, 7) is 6.01. The van der Waals surface area contributed by atoms with Gasteiger partial charge in [-0.15, -0.1) is 0 Å². The van der Waals surface area contributed by atoms with Crippen LogP contribution in [0.2, 0.25) is 0 Å². The fourth-order valence-electron chi connectivity index (χ4n) is 6.17. The SMILES string of the molecule is CC1COC2C(F)C(F)CC3CC(CN[C@H]4CCN(c5ccc([N+](=O)[O-])nc5)C4)CN1C32. The van der Waals surface area contributed by atoms with Crippen molar-refractivity contribution in [2.75, 3.05) is 37.7 Å². The molecule has 0 aromatic carbocycles. The highest BCUT2D eigenvalue weighted by Crippen LogP contribution is 2.43. The van der Waals surface area contributed by atoms with Gasteiger partial charge in [0.15, 0.2) is 12.4 Å². The van der Waals surface area contributed by atoms with Crippen molar-refractivity contribution in [3.63, 3.8) is 0 Å². The zero-order valence-corrected chi connectivity index (χ0v) is 18.3. The lowest BCUT2D eigenvalue weighted by molar-refractivity contribution is -0.389. The molecule has 0 bridgehead atoms. The van der Waals surface area contributed by atoms with Gasteiger partial charge in [0.05, 0.1) is 12.3 Å². The van der Waals surface area contributed by atoms with Crippen molar-refractivity contribution in [1.29, 1.82) is 0 Å². The molecule has 0 spiro atoms. The molecular weight excluding hydrogens is 420 g/mol. The van der Waals surface area contributed by atoms with Crippen LogP contribution in [-0.4, -0.2) is 84.2 Å². The van der Waals surface area contributed by atoms with Crippen LogP contribution in [0.5, 0.6) is 0 Å². The summed E-state index contributed by atoms with van der Waals surface area (Å²) < 4.78 is 34.5. The van der Waals surface area contributed by atoms with E-state index in [4.69, 9.17) is 4.74 Å². The van der Waals surface area contributed by atoms with Gasteiger partial charge < -0.3 is 25.1 Å². The van der Waals surface area contributed by atoms with Gasteiger partial charge in [-0.1, -0.05) is 0 Å². The number of piperidine rings is 1. The van der Waals surface area contributed by atoms with Crippen molar-refractivity contribution in [3.8, 4) is 0 Å². The number of nitrogens with zero attached hydrogens (tertiary/aromatic N) is 4. The first kappa shape index (κ1) is 21.9. The van der Waals surface area contributed by atoms with Crippen LogP contribution in [0.3, 0.4) is 0 Å². The molecule has 1 aromatic heterocycles. The van der Waals surface area contributed by atoms with Gasteiger partial charge in [-0.3, -0.25) is 4.90 Å². The Balaban J connectivity index is 1.17. The molecule has 0 amide bonds. The summed E-state index contributed by atoms with van der Waals surface area (Å²) >= 11 is 0. The minimum absolute atomic E-state index is 0.00592. The van der Waals surface area contributed by atoms with Crippen molar-refractivity contribution in [2.24, 2.45) is 11.8 Å². The zero-order valence-electron chi connectivity index (χ0n) is 18.3. The Morgan fingerprint density at radius 1 is 1.31 bits per heavy atom. The average Bonchev–Trinajstić information content (AvgIpc) is 3.26. The van der Waals surface area contributed by atoms with Crippen LogP contribution in [0.4, 0.5) is 20.3 Å². The number of pyridine rings is 1. The number of ether oxygens (including phenoxy) is 1. The third-order valence-electron chi connectivity index (χ3n) is 7.76. The number of morpholine rings is 1. The third kappa shape index (κ3) is 4.08. The minimum Gasteiger partial charge on any atom is -0.372 e. The lowest BCUT2D eigenvalue weighted by atomic mass is 9.71. The molecule has 1 saturated carbocycles. The Morgan fingerprint density at radius 3 is 2.91 bits per heavy atom. The molecule has 4 fully saturated rings. The van der Waals surface area contributed by atoms with E-state index in [1.165, 1.54) is 6.07 Å². The Morgan fingerprint density at radius 2 is 2.16 bits per heavy atom. The van der Waals surface area contributed by atoms with Crippen LogP contribution in [0.1, 0.15) is 26.2 Å². The van der Waals surface area contributed by atoms with Gasteiger partial charge in [-0.25, -0.2) is 8.78 Å². The van der Waals surface area contributed by atoms with E-state index in [0.717, 1.165) is 44.7 Å². The van der Waals surface area contributed by atoms with E-state index in [2.05, 4.69) is 27.0 Å². The predicted molar refractivity (Wildman–Crippen MR) is 115 cm³/mol. The number of hydrogen-bond acceptors (Lipinski definition) is 7. The van der Waals surface area contributed by atoms with Gasteiger partial charge in [-0.2, -0.15) is 0 Å². The summed E-state index contributed by atoms with van der Waals surface area (Å²) in [6.07, 6.45) is 0.162. The third-order valence-corrected chi connectivity index (χ3v) is 7.76. The molecule has 8 atom stereocenters. The Hall–Kier alpha value is -1.91. The van der Waals surface area contributed by atoms with Crippen LogP contribution >= 0.6 is 0 Å². The van der Waals surface area contributed by atoms with E-state index in [0.29, 0.717) is 18.6 Å². The molecule has 1 N–H and O–H groups in total. The summed E-state index contributed by atoms with van der Waals surface area (Å²) in [5.74, 6) is 0.391. The second-order valence-electron chi connectivity index (χ2n) is 9.86. The maximum Gasteiger partial charge on any atom is 0.363 e. The summed E-state index contributed by atoms with van der Waals surface area (Å²) in [4.78, 5) is 18.8. The second-order valence-corrected chi connectivity index (χ2v) is 9.86. The molecule has 3 saturated heterocycles. The molecule has 32 heavy (non-hydrogen) atoms. The van der Waals surface area contributed by atoms with Gasteiger partial charge in [0.25, 0.3) is 0 Å². The number of anilines is 1. The minimum atomic E-state index is -1.51. The molecule has 5 rings (SSSR count). The first-order valence-corrected chi connectivity index (χ1v) is 11.6. The molecular formula is C22H31F2N5O3. The van der Waals surface area contributed by atoms with Crippen LogP contribution in [0.15, 0.2) is 18.3 Å². The maximum absolute atomic E-state index is 14.5. The lowest BCUT2D eigenvalue weighted by Gasteiger charge is -2.56. The molecule has 1 aromatic rings. The van der Waals surface area contributed by atoms with Gasteiger partial charge in [0, 0.05) is 43.8 Å². The molecule has 3 aliphatic heterocycles. The van der Waals surface area contributed by atoms with E-state index in [1.54, 1.807) is 12.3 Å². The van der Waals surface area contributed by atoms with E-state index in [-0.39, 0.29) is 30.2 Å². The smallest absolute Gasteiger partial charge is 0.363 e. The maximum atomic E-state index is 14.5. The highest BCUT2D eigenvalue weighted by molar-refractivity contribution is 5.47. The quantitative estimate of drug-likeness (QED) is 0.543. The number of rotatable bonds is 5. The van der Waals surface area contributed by atoms with Crippen molar-refractivity contribution >= 4 is 11.5 Å². The molecule has 10 heteroatoms. The second kappa shape index (κ2) is 8.79. The van der Waals surface area contributed by atoms with Crippen LogP contribution < -0.4 is 10.2 Å². The van der Waals surface area contributed by atoms with Crippen LogP contribution in [-0.2, 0) is 4.74 Å². The standard InChI is InChI=1S/C22H31F2N5O3/c1-13-12-32-22-20(24)18(23)7-15-6-14(10-28(13)21(15)22)8-25-16-4-5-27(11-16)17-2-3-19(26-9-17)29(30)31/h2-3,9,13-16,18,20-22,25H,4-8,10-12H2,1H3/t13?,14?,15?,16-,18?,20?,21?,22?/m0/s1. The topological polar surface area (TPSA) is 83.8 Å². The van der Waals surface area contributed by atoms with E-state index >= 15 is 0 Å². The molecule has 0 radical (unpaired) electrons. The average molecular weight is 452 g/mol. The fourth-order valence-corrected chi connectivity index (χ4v) is 6.17. The van der Waals surface area contributed by atoms with Gasteiger partial charge in [0.2, 0.25) is 0 Å². The van der Waals surface area contributed by atoms with E-state index < -0.39 is 23.4 Å². The summed E-state index contributed by atoms with van der Waals surface area (Å²) in [5, 5.41) is 14.5. The monoisotopic (exact) mass is 451 g/mol. The largest absolute Gasteiger partial charge is 0.372 e. The molecule has 4 aliphatic rings. The number of alkyl halides is 2. The van der Waals surface area contributed by atoms with E-state index in [1.807, 2.05) is 0 Å². The fraction of sp³-hybridized carbons (Fsp3) is 0.773. The highest BCUT2D eigenvalue weighted by atomic mass is 19.2. The highest BCUT2D eigenvalue weighted by Gasteiger charge is 2.54. The van der Waals surface area contributed by atoms with E-state index in [9.17, 15) is 18.9 Å². The van der Waals surface area contributed by atoms with Gasteiger partial charge >= 0.3 is 5.82 Å². The Kier molecular flexibility index (Phi) is 6.02. The number of nitrogens with one attached hydrogen (secondary N) is 1. The Bertz CT molecular complexity index is 830. The molecule has 176 valence electrons. The van der Waals surface area contributed by atoms with Gasteiger partial charge in [-0.05, 0) is 60.5 Å². The number of hydrogen-bond donors (Lipinski definition) is 1. The molecule has 1 aliphatic carbocycles. The van der Waals surface area contributed by atoms with Crippen molar-refractivity contribution in [3.05, 3.63) is 28.4 Å². The molecule has 4 heterocycles. The summed E-state index contributed by atoms with van der Waals surface area (Å²) in [5.41, 5.74) is 0.894. The van der Waals surface area contributed by atoms with Crippen molar-refractivity contribution < 1.29 is 18.4 Å². The predicted octanol–water partition coefficient (Wildman–Crippen LogP) is 2.33. The van der Waals surface area contributed by atoms with Crippen LogP contribution in [0.25, 0.3) is 0 Å². The van der Waals surface area contributed by atoms with Crippen LogP contribution in [0, 0.1) is 22.0 Å². The molecule has 7 unspecified atom stereocenters. The first-order chi connectivity index (χ1) is 15.4. The normalized spacial score (nSPS) is 39.7.